The summed E-state index contributed by atoms with van der Waals surface area (Å²) in [4.78, 5) is 24.7. The van der Waals surface area contributed by atoms with Gasteiger partial charge in [0.05, 0.1) is 18.8 Å². The fourth-order valence-electron chi connectivity index (χ4n) is 2.02. The van der Waals surface area contributed by atoms with E-state index < -0.39 is 24.0 Å². The van der Waals surface area contributed by atoms with Crippen LogP contribution in [0.2, 0.25) is 0 Å². The molecule has 1 amide bonds. The van der Waals surface area contributed by atoms with Crippen molar-refractivity contribution in [3.63, 3.8) is 0 Å². The van der Waals surface area contributed by atoms with E-state index >= 15 is 0 Å². The number of amides is 1. The molecule has 1 aromatic rings. The minimum atomic E-state index is -1.13. The van der Waals surface area contributed by atoms with Crippen molar-refractivity contribution in [3.8, 4) is 5.75 Å². The number of hydrogen-bond acceptors (Lipinski definition) is 5. The maximum absolute atomic E-state index is 12.3. The number of methoxy groups -OCH3 is 1. The van der Waals surface area contributed by atoms with Crippen molar-refractivity contribution in [1.82, 2.24) is 0 Å². The maximum atomic E-state index is 12.3. The van der Waals surface area contributed by atoms with E-state index in [1.807, 2.05) is 0 Å². The van der Waals surface area contributed by atoms with E-state index in [2.05, 4.69) is 0 Å². The van der Waals surface area contributed by atoms with Crippen LogP contribution in [0.4, 0.5) is 5.69 Å². The summed E-state index contributed by atoms with van der Waals surface area (Å²) in [6.45, 7) is -0.0152. The van der Waals surface area contributed by atoms with Gasteiger partial charge in [-0.2, -0.15) is 0 Å². The van der Waals surface area contributed by atoms with Gasteiger partial charge in [-0.25, -0.2) is 4.79 Å². The maximum Gasteiger partial charge on any atom is 0.346 e. The van der Waals surface area contributed by atoms with Gasteiger partial charge < -0.3 is 25.2 Å². The Morgan fingerprint density at radius 2 is 2.25 bits per heavy atom. The largest absolute Gasteiger partial charge is 0.478 e. The van der Waals surface area contributed by atoms with Crippen LogP contribution in [0.3, 0.4) is 0 Å². The van der Waals surface area contributed by atoms with E-state index in [0.717, 1.165) is 0 Å². The zero-order valence-electron chi connectivity index (χ0n) is 11.0. The van der Waals surface area contributed by atoms with Gasteiger partial charge >= 0.3 is 5.97 Å². The topological polar surface area (TPSA) is 102 Å². The van der Waals surface area contributed by atoms with Crippen LogP contribution >= 0.6 is 0 Å². The predicted octanol–water partition coefficient (Wildman–Crippen LogP) is -0.161. The van der Waals surface area contributed by atoms with Gasteiger partial charge in [0.1, 0.15) is 11.8 Å². The SMILES string of the molecule is COCC(N)C(=O)N1CC(C(=O)O)Oc2ccccc21. The van der Waals surface area contributed by atoms with E-state index in [4.69, 9.17) is 20.3 Å². The molecule has 3 N–H and O–H groups in total. The Morgan fingerprint density at radius 1 is 1.55 bits per heavy atom. The lowest BCUT2D eigenvalue weighted by Crippen LogP contribution is -2.53. The van der Waals surface area contributed by atoms with Gasteiger partial charge in [-0.05, 0) is 12.1 Å². The summed E-state index contributed by atoms with van der Waals surface area (Å²) in [7, 11) is 1.44. The molecule has 2 unspecified atom stereocenters. The summed E-state index contributed by atoms with van der Waals surface area (Å²) in [6.07, 6.45) is -1.11. The minimum Gasteiger partial charge on any atom is -0.478 e. The summed E-state index contributed by atoms with van der Waals surface area (Å²) in [5.41, 5.74) is 6.25. The molecule has 7 heteroatoms. The molecule has 0 aliphatic carbocycles. The molecule has 108 valence electrons. The monoisotopic (exact) mass is 280 g/mol. The number of carbonyl (C=O) groups excluding carboxylic acids is 1. The van der Waals surface area contributed by atoms with Gasteiger partial charge in [0.15, 0.2) is 0 Å². The lowest BCUT2D eigenvalue weighted by atomic mass is 10.1. The normalized spacial score (nSPS) is 18.9. The third-order valence-electron chi connectivity index (χ3n) is 2.98. The number of ether oxygens (including phenoxy) is 2. The lowest BCUT2D eigenvalue weighted by Gasteiger charge is -2.34. The highest BCUT2D eigenvalue weighted by atomic mass is 16.5. The molecule has 2 atom stereocenters. The van der Waals surface area contributed by atoms with Crippen LogP contribution in [0.5, 0.6) is 5.75 Å². The highest BCUT2D eigenvalue weighted by molar-refractivity contribution is 5.99. The quantitative estimate of drug-likeness (QED) is 0.794. The highest BCUT2D eigenvalue weighted by Gasteiger charge is 2.35. The number of fused-ring (bicyclic) bond motifs is 1. The minimum absolute atomic E-state index is 0.0656. The average molecular weight is 280 g/mol. The fraction of sp³-hybridized carbons (Fsp3) is 0.385. The Morgan fingerprint density at radius 3 is 2.90 bits per heavy atom. The number of nitrogens with zero attached hydrogens (tertiary/aromatic N) is 1. The van der Waals surface area contributed by atoms with Gasteiger partial charge in [-0.3, -0.25) is 4.79 Å². The number of carboxylic acid groups (broad SMARTS) is 1. The van der Waals surface area contributed by atoms with Crippen LogP contribution in [0.25, 0.3) is 0 Å². The van der Waals surface area contributed by atoms with Gasteiger partial charge in [0.2, 0.25) is 12.0 Å². The van der Waals surface area contributed by atoms with E-state index in [0.29, 0.717) is 11.4 Å². The van der Waals surface area contributed by atoms with Crippen molar-refractivity contribution in [2.75, 3.05) is 25.2 Å². The molecule has 0 fully saturated rings. The first-order valence-electron chi connectivity index (χ1n) is 6.09. The van der Waals surface area contributed by atoms with Crippen molar-refractivity contribution in [2.24, 2.45) is 5.73 Å². The molecule has 1 heterocycles. The summed E-state index contributed by atoms with van der Waals surface area (Å²) in [6, 6.07) is 5.91. The van der Waals surface area contributed by atoms with E-state index in [9.17, 15) is 9.59 Å². The lowest BCUT2D eigenvalue weighted by molar-refractivity contribution is -0.145. The number of carbonyl (C=O) groups is 2. The van der Waals surface area contributed by atoms with Crippen LogP contribution in [-0.4, -0.2) is 49.4 Å². The molecule has 0 radical (unpaired) electrons. The molecule has 0 saturated heterocycles. The first-order chi connectivity index (χ1) is 9.54. The number of nitrogens with two attached hydrogens (primary N) is 1. The van der Waals surface area contributed by atoms with Crippen LogP contribution in [0, 0.1) is 0 Å². The zero-order valence-corrected chi connectivity index (χ0v) is 11.0. The Bertz CT molecular complexity index is 519. The van der Waals surface area contributed by atoms with Crippen molar-refractivity contribution in [2.45, 2.75) is 12.1 Å². The van der Waals surface area contributed by atoms with Crippen molar-refractivity contribution in [3.05, 3.63) is 24.3 Å². The summed E-state index contributed by atoms with van der Waals surface area (Å²) >= 11 is 0. The van der Waals surface area contributed by atoms with Crippen LogP contribution in [-0.2, 0) is 14.3 Å². The number of aliphatic carboxylic acids is 1. The average Bonchev–Trinajstić information content (AvgIpc) is 2.45. The Hall–Kier alpha value is -2.12. The van der Waals surface area contributed by atoms with Crippen molar-refractivity contribution >= 4 is 17.6 Å². The summed E-state index contributed by atoms with van der Waals surface area (Å²) in [5, 5.41) is 9.09. The molecule has 0 bridgehead atoms. The number of hydrogen-bond donors (Lipinski definition) is 2. The van der Waals surface area contributed by atoms with Gasteiger partial charge in [-0.1, -0.05) is 12.1 Å². The van der Waals surface area contributed by atoms with Gasteiger partial charge in [0, 0.05) is 7.11 Å². The molecule has 1 aliphatic rings. The molecule has 1 aromatic carbocycles. The Kier molecular flexibility index (Phi) is 4.21. The third-order valence-corrected chi connectivity index (χ3v) is 2.98. The zero-order chi connectivity index (χ0) is 14.7. The molecule has 0 aromatic heterocycles. The third kappa shape index (κ3) is 2.73. The number of benzene rings is 1. The molecule has 0 spiro atoms. The molecule has 1 aliphatic heterocycles. The molecule has 20 heavy (non-hydrogen) atoms. The van der Waals surface area contributed by atoms with Crippen molar-refractivity contribution in [1.29, 1.82) is 0 Å². The highest BCUT2D eigenvalue weighted by Crippen LogP contribution is 2.33. The Balaban J connectivity index is 2.31. The second kappa shape index (κ2) is 5.89. The molecular weight excluding hydrogens is 264 g/mol. The molecular formula is C13H16N2O5. The van der Waals surface area contributed by atoms with Gasteiger partial charge in [-0.15, -0.1) is 0 Å². The van der Waals surface area contributed by atoms with Crippen LogP contribution in [0.15, 0.2) is 24.3 Å². The van der Waals surface area contributed by atoms with E-state index in [-0.39, 0.29) is 13.2 Å². The Labute approximate surface area is 115 Å². The standard InChI is InChI=1S/C13H16N2O5/c1-19-7-8(14)12(16)15-6-11(13(17)18)20-10-5-3-2-4-9(10)15/h2-5,8,11H,6-7,14H2,1H3,(H,17,18). The van der Waals surface area contributed by atoms with E-state index in [1.54, 1.807) is 24.3 Å². The second-order valence-corrected chi connectivity index (χ2v) is 4.42. The second-order valence-electron chi connectivity index (χ2n) is 4.42. The van der Waals surface area contributed by atoms with Crippen molar-refractivity contribution < 1.29 is 24.2 Å². The van der Waals surface area contributed by atoms with Crippen LogP contribution < -0.4 is 15.4 Å². The molecule has 7 nitrogen and oxygen atoms in total. The first kappa shape index (κ1) is 14.3. The van der Waals surface area contributed by atoms with Gasteiger partial charge in [0.25, 0.3) is 0 Å². The molecule has 0 saturated carbocycles. The summed E-state index contributed by atoms with van der Waals surface area (Å²) < 4.78 is 10.2. The summed E-state index contributed by atoms with van der Waals surface area (Å²) in [5.74, 6) is -1.17. The van der Waals surface area contributed by atoms with Crippen LogP contribution in [0.1, 0.15) is 0 Å². The molecule has 2 rings (SSSR count). The van der Waals surface area contributed by atoms with E-state index in [1.165, 1.54) is 12.0 Å². The fourth-order valence-corrected chi connectivity index (χ4v) is 2.02. The first-order valence-corrected chi connectivity index (χ1v) is 6.09. The number of anilines is 1. The smallest absolute Gasteiger partial charge is 0.346 e. The number of carboxylic acids is 1. The predicted molar refractivity (Wildman–Crippen MR) is 70.7 cm³/mol. The number of para-hydroxylation sites is 2. The number of rotatable bonds is 4.